The summed E-state index contributed by atoms with van der Waals surface area (Å²) in [4.78, 5) is 4.04. The molecule has 0 saturated heterocycles. The van der Waals surface area contributed by atoms with E-state index in [1.54, 1.807) is 23.0 Å². The summed E-state index contributed by atoms with van der Waals surface area (Å²) in [6, 6.07) is 3.60. The highest BCUT2D eigenvalue weighted by molar-refractivity contribution is 5.39. The fourth-order valence-electron chi connectivity index (χ4n) is 1.01. The Kier molecular flexibility index (Phi) is 1.94. The summed E-state index contributed by atoms with van der Waals surface area (Å²) in [5, 5.41) is 12.6. The van der Waals surface area contributed by atoms with Crippen LogP contribution in [0.3, 0.4) is 0 Å². The van der Waals surface area contributed by atoms with Crippen molar-refractivity contribution >= 4 is 5.65 Å². The van der Waals surface area contributed by atoms with Gasteiger partial charge in [0.25, 0.3) is 0 Å². The summed E-state index contributed by atoms with van der Waals surface area (Å²) in [7, 11) is 0. The van der Waals surface area contributed by atoms with Crippen LogP contribution in [0.25, 0.3) is 5.65 Å². The van der Waals surface area contributed by atoms with Gasteiger partial charge in [0.15, 0.2) is 5.65 Å². The molecule has 0 saturated carbocycles. The van der Waals surface area contributed by atoms with Crippen LogP contribution in [-0.4, -0.2) is 26.3 Å². The Balaban J connectivity index is 2.48. The molecule has 0 atom stereocenters. The van der Waals surface area contributed by atoms with E-state index in [1.165, 1.54) is 0 Å². The molecule has 0 aromatic carbocycles. The average molecular weight is 173 g/mol. The monoisotopic (exact) mass is 173 g/mol. The van der Waals surface area contributed by atoms with Gasteiger partial charge in [0.1, 0.15) is 12.3 Å². The fourth-order valence-corrected chi connectivity index (χ4v) is 1.01. The molecule has 2 aromatic rings. The number of nitrogens with zero attached hydrogens (tertiary/aromatic N) is 3. The molecule has 0 bridgehead atoms. The van der Waals surface area contributed by atoms with E-state index in [2.05, 4.69) is 21.9 Å². The Morgan fingerprint density at radius 2 is 2.38 bits per heavy atom. The molecule has 0 unspecified atom stereocenters. The third kappa shape index (κ3) is 1.50. The molecular weight excluding hydrogens is 166 g/mol. The van der Waals surface area contributed by atoms with Gasteiger partial charge < -0.3 is 5.11 Å². The van der Waals surface area contributed by atoms with E-state index >= 15 is 0 Å². The molecule has 0 aliphatic carbocycles. The lowest BCUT2D eigenvalue weighted by Gasteiger charge is -1.91. The van der Waals surface area contributed by atoms with E-state index in [0.717, 1.165) is 5.65 Å². The first-order valence-electron chi connectivity index (χ1n) is 3.80. The van der Waals surface area contributed by atoms with Gasteiger partial charge in [-0.2, -0.15) is 5.10 Å². The molecule has 0 fully saturated rings. The number of aliphatic hydroxyl groups is 1. The minimum atomic E-state index is -0.149. The quantitative estimate of drug-likeness (QED) is 0.574. The van der Waals surface area contributed by atoms with Crippen LogP contribution in [-0.2, 0) is 0 Å². The van der Waals surface area contributed by atoms with Crippen LogP contribution in [0, 0.1) is 11.8 Å². The Labute approximate surface area is 74.8 Å². The normalized spacial score (nSPS) is 9.62. The minimum Gasteiger partial charge on any atom is -0.384 e. The van der Waals surface area contributed by atoms with Crippen LogP contribution in [0.2, 0.25) is 0 Å². The largest absolute Gasteiger partial charge is 0.384 e. The Hall–Kier alpha value is -1.86. The van der Waals surface area contributed by atoms with Crippen molar-refractivity contribution < 1.29 is 5.11 Å². The molecule has 64 valence electrons. The van der Waals surface area contributed by atoms with Crippen molar-refractivity contribution in [3.05, 3.63) is 30.2 Å². The first kappa shape index (κ1) is 7.77. The third-order valence-electron chi connectivity index (χ3n) is 1.55. The summed E-state index contributed by atoms with van der Waals surface area (Å²) >= 11 is 0. The number of rotatable bonds is 0. The second-order valence-corrected chi connectivity index (χ2v) is 2.41. The summed E-state index contributed by atoms with van der Waals surface area (Å²) in [6.45, 7) is -0.149. The lowest BCUT2D eigenvalue weighted by atomic mass is 10.4. The van der Waals surface area contributed by atoms with E-state index in [9.17, 15) is 0 Å². The van der Waals surface area contributed by atoms with Crippen molar-refractivity contribution in [2.75, 3.05) is 6.61 Å². The lowest BCUT2D eigenvalue weighted by molar-refractivity contribution is 0.350. The Morgan fingerprint density at radius 1 is 1.46 bits per heavy atom. The van der Waals surface area contributed by atoms with Crippen LogP contribution < -0.4 is 0 Å². The molecule has 1 N–H and O–H groups in total. The fraction of sp³-hybridized carbons (Fsp3) is 0.111. The summed E-state index contributed by atoms with van der Waals surface area (Å²) in [6.07, 6.45) is 3.42. The van der Waals surface area contributed by atoms with Gasteiger partial charge in [0.05, 0.1) is 0 Å². The first-order valence-corrected chi connectivity index (χ1v) is 3.80. The number of aromatic nitrogens is 3. The number of fused-ring (bicyclic) bond motifs is 1. The van der Waals surface area contributed by atoms with Gasteiger partial charge in [0, 0.05) is 12.4 Å². The number of hydrogen-bond donors (Lipinski definition) is 1. The molecule has 0 amide bonds. The molecule has 4 nitrogen and oxygen atoms in total. The van der Waals surface area contributed by atoms with Crippen molar-refractivity contribution in [2.24, 2.45) is 0 Å². The van der Waals surface area contributed by atoms with Crippen molar-refractivity contribution in [3.8, 4) is 11.8 Å². The minimum absolute atomic E-state index is 0.149. The second kappa shape index (κ2) is 3.25. The number of aliphatic hydroxyl groups excluding tert-OH is 1. The zero-order valence-corrected chi connectivity index (χ0v) is 6.81. The predicted molar refractivity (Wildman–Crippen MR) is 47.0 cm³/mol. The van der Waals surface area contributed by atoms with E-state index in [0.29, 0.717) is 5.69 Å². The van der Waals surface area contributed by atoms with Crippen LogP contribution in [0.1, 0.15) is 5.69 Å². The predicted octanol–water partition coefficient (Wildman–Crippen LogP) is 0.0731. The second-order valence-electron chi connectivity index (χ2n) is 2.41. The molecule has 0 radical (unpaired) electrons. The van der Waals surface area contributed by atoms with Crippen molar-refractivity contribution in [3.63, 3.8) is 0 Å². The van der Waals surface area contributed by atoms with Crippen LogP contribution in [0.5, 0.6) is 0 Å². The van der Waals surface area contributed by atoms with Gasteiger partial charge in [0.2, 0.25) is 0 Å². The third-order valence-corrected chi connectivity index (χ3v) is 1.55. The highest BCUT2D eigenvalue weighted by Crippen LogP contribution is 1.98. The zero-order valence-electron chi connectivity index (χ0n) is 6.81. The highest BCUT2D eigenvalue weighted by atomic mass is 16.2. The molecule has 0 aliphatic rings. The van der Waals surface area contributed by atoms with Crippen LogP contribution in [0.4, 0.5) is 0 Å². The van der Waals surface area contributed by atoms with Crippen LogP contribution in [0.15, 0.2) is 24.5 Å². The number of hydrogen-bond acceptors (Lipinski definition) is 3. The Morgan fingerprint density at radius 3 is 3.23 bits per heavy atom. The van der Waals surface area contributed by atoms with Crippen molar-refractivity contribution in [1.82, 2.24) is 14.6 Å². The maximum Gasteiger partial charge on any atom is 0.153 e. The maximum atomic E-state index is 8.48. The maximum absolute atomic E-state index is 8.48. The SMILES string of the molecule is OCC#Cc1ccc2nccn2n1. The molecule has 2 aromatic heterocycles. The molecule has 13 heavy (non-hydrogen) atoms. The Bertz CT molecular complexity index is 478. The van der Waals surface area contributed by atoms with Crippen molar-refractivity contribution in [1.29, 1.82) is 0 Å². The topological polar surface area (TPSA) is 50.4 Å². The highest BCUT2D eigenvalue weighted by Gasteiger charge is 1.94. The standard InChI is InChI=1S/C9H7N3O/c13-7-1-2-8-3-4-9-10-5-6-12(9)11-8/h3-6,13H,7H2. The van der Waals surface area contributed by atoms with Crippen LogP contribution >= 0.6 is 0 Å². The van der Waals surface area contributed by atoms with Crippen molar-refractivity contribution in [2.45, 2.75) is 0 Å². The molecular formula is C9H7N3O. The first-order chi connectivity index (χ1) is 6.40. The van der Waals surface area contributed by atoms with Gasteiger partial charge in [-0.3, -0.25) is 0 Å². The average Bonchev–Trinajstić information content (AvgIpc) is 2.61. The van der Waals surface area contributed by atoms with E-state index in [1.807, 2.05) is 6.07 Å². The molecule has 0 spiro atoms. The molecule has 2 rings (SSSR count). The van der Waals surface area contributed by atoms with Gasteiger partial charge in [-0.05, 0) is 18.1 Å². The summed E-state index contributed by atoms with van der Waals surface area (Å²) in [5.41, 5.74) is 1.41. The van der Waals surface area contributed by atoms with Gasteiger partial charge >= 0.3 is 0 Å². The van der Waals surface area contributed by atoms with Gasteiger partial charge in [-0.15, -0.1) is 0 Å². The lowest BCUT2D eigenvalue weighted by Crippen LogP contribution is -1.93. The van der Waals surface area contributed by atoms with Gasteiger partial charge in [-0.25, -0.2) is 9.50 Å². The number of imidazole rings is 1. The molecule has 0 aliphatic heterocycles. The smallest absolute Gasteiger partial charge is 0.153 e. The zero-order chi connectivity index (χ0) is 9.10. The van der Waals surface area contributed by atoms with E-state index in [-0.39, 0.29) is 6.61 Å². The molecule has 4 heteroatoms. The molecule has 2 heterocycles. The summed E-state index contributed by atoms with van der Waals surface area (Å²) < 4.78 is 1.64. The van der Waals surface area contributed by atoms with E-state index in [4.69, 9.17) is 5.11 Å². The summed E-state index contributed by atoms with van der Waals surface area (Å²) in [5.74, 6) is 5.25. The van der Waals surface area contributed by atoms with Gasteiger partial charge in [-0.1, -0.05) is 5.92 Å². The van der Waals surface area contributed by atoms with E-state index < -0.39 is 0 Å².